The molecule has 0 aliphatic carbocycles. The van der Waals surface area contributed by atoms with Gasteiger partial charge in [0, 0.05) is 15.5 Å². The summed E-state index contributed by atoms with van der Waals surface area (Å²) < 4.78 is 0. The number of aromatic carboxylic acids is 1. The number of carboxylic acid groups (broad SMARTS) is 1. The predicted molar refractivity (Wildman–Crippen MR) is 78.1 cm³/mol. The fraction of sp³-hybridized carbons (Fsp3) is 0.0714. The maximum atomic E-state index is 11.3. The number of hydrogen-bond acceptors (Lipinski definition) is 3. The molecule has 98 valence electrons. The molecule has 2 aromatic rings. The van der Waals surface area contributed by atoms with Crippen molar-refractivity contribution >= 4 is 35.0 Å². The molecule has 5 heteroatoms. The highest BCUT2D eigenvalue weighted by Crippen LogP contribution is 2.38. The minimum Gasteiger partial charge on any atom is -0.478 e. The Bertz CT molecular complexity index is 643. The average Bonchev–Trinajstić information content (AvgIpc) is 2.34. The molecule has 0 aliphatic heterocycles. The van der Waals surface area contributed by atoms with Gasteiger partial charge < -0.3 is 10.8 Å². The van der Waals surface area contributed by atoms with Gasteiger partial charge in [0.15, 0.2) is 0 Å². The molecule has 3 nitrogen and oxygen atoms in total. The lowest BCUT2D eigenvalue weighted by atomic mass is 10.2. The lowest BCUT2D eigenvalue weighted by molar-refractivity contribution is 0.0693. The molecule has 0 atom stereocenters. The van der Waals surface area contributed by atoms with Gasteiger partial charge in [-0.25, -0.2) is 4.79 Å². The summed E-state index contributed by atoms with van der Waals surface area (Å²) in [6.45, 7) is 1.97. The van der Waals surface area contributed by atoms with E-state index in [4.69, 9.17) is 17.3 Å². The zero-order chi connectivity index (χ0) is 14.0. The number of nitrogen functional groups attached to an aromatic ring is 1. The molecule has 0 unspecified atom stereocenters. The number of nitrogens with two attached hydrogens (primary N) is 1. The number of aryl methyl sites for hydroxylation is 1. The van der Waals surface area contributed by atoms with Crippen LogP contribution in [0.15, 0.2) is 46.2 Å². The largest absolute Gasteiger partial charge is 0.478 e. The second-order valence-corrected chi connectivity index (χ2v) is 5.51. The van der Waals surface area contributed by atoms with E-state index >= 15 is 0 Å². The van der Waals surface area contributed by atoms with Crippen LogP contribution in [0.25, 0.3) is 0 Å². The first kappa shape index (κ1) is 13.8. The molecule has 0 heterocycles. The van der Waals surface area contributed by atoms with E-state index in [2.05, 4.69) is 0 Å². The summed E-state index contributed by atoms with van der Waals surface area (Å²) >= 11 is 7.45. The van der Waals surface area contributed by atoms with Gasteiger partial charge in [-0.15, -0.1) is 0 Å². The monoisotopic (exact) mass is 293 g/mol. The summed E-state index contributed by atoms with van der Waals surface area (Å²) in [5, 5.41) is 9.59. The Morgan fingerprint density at radius 3 is 2.63 bits per heavy atom. The molecule has 3 N–H and O–H groups in total. The average molecular weight is 294 g/mol. The highest BCUT2D eigenvalue weighted by Gasteiger charge is 2.16. The molecule has 2 rings (SSSR count). The van der Waals surface area contributed by atoms with Crippen molar-refractivity contribution in [1.82, 2.24) is 0 Å². The molecular formula is C14H12ClNO2S. The van der Waals surface area contributed by atoms with Gasteiger partial charge in [0.1, 0.15) is 0 Å². The quantitative estimate of drug-likeness (QED) is 0.837. The first-order valence-electron chi connectivity index (χ1n) is 5.55. The van der Waals surface area contributed by atoms with E-state index in [1.165, 1.54) is 17.8 Å². The van der Waals surface area contributed by atoms with Crippen LogP contribution < -0.4 is 5.73 Å². The SMILES string of the molecule is Cc1ccccc1Sc1c(Cl)cc(N)cc1C(=O)O. The van der Waals surface area contributed by atoms with Crippen LogP contribution in [0.3, 0.4) is 0 Å². The number of benzene rings is 2. The fourth-order valence-corrected chi connectivity index (χ4v) is 3.01. The van der Waals surface area contributed by atoms with E-state index in [-0.39, 0.29) is 5.56 Å². The molecule has 19 heavy (non-hydrogen) atoms. The van der Waals surface area contributed by atoms with Gasteiger partial charge in [-0.1, -0.05) is 41.6 Å². The lowest BCUT2D eigenvalue weighted by Crippen LogP contribution is -2.01. The maximum absolute atomic E-state index is 11.3. The number of hydrogen-bond donors (Lipinski definition) is 2. The van der Waals surface area contributed by atoms with Crippen molar-refractivity contribution in [2.45, 2.75) is 16.7 Å². The summed E-state index contributed by atoms with van der Waals surface area (Å²) in [7, 11) is 0. The van der Waals surface area contributed by atoms with Crippen molar-refractivity contribution < 1.29 is 9.90 Å². The van der Waals surface area contributed by atoms with Crippen LogP contribution >= 0.6 is 23.4 Å². The van der Waals surface area contributed by atoms with Gasteiger partial charge in [0.2, 0.25) is 0 Å². The Morgan fingerprint density at radius 1 is 1.32 bits per heavy atom. The second-order valence-electron chi connectivity index (χ2n) is 4.05. The highest BCUT2D eigenvalue weighted by molar-refractivity contribution is 7.99. The third-order valence-corrected chi connectivity index (χ3v) is 4.33. The van der Waals surface area contributed by atoms with Crippen molar-refractivity contribution in [2.24, 2.45) is 0 Å². The maximum Gasteiger partial charge on any atom is 0.336 e. The molecule has 0 aromatic heterocycles. The second kappa shape index (κ2) is 5.55. The molecule has 0 amide bonds. The van der Waals surface area contributed by atoms with Crippen LogP contribution in [0.4, 0.5) is 5.69 Å². The number of carboxylic acids is 1. The molecule has 2 aromatic carbocycles. The molecule has 0 fully saturated rings. The zero-order valence-corrected chi connectivity index (χ0v) is 11.8. The normalized spacial score (nSPS) is 10.4. The third kappa shape index (κ3) is 3.03. The summed E-state index contributed by atoms with van der Waals surface area (Å²) in [5.74, 6) is -1.04. The Hall–Kier alpha value is -1.65. The van der Waals surface area contributed by atoms with Gasteiger partial charge in [-0.3, -0.25) is 0 Å². The number of rotatable bonds is 3. The molecule has 0 aliphatic rings. The van der Waals surface area contributed by atoms with Crippen LogP contribution in [0.1, 0.15) is 15.9 Å². The van der Waals surface area contributed by atoms with Crippen LogP contribution in [-0.4, -0.2) is 11.1 Å². The summed E-state index contributed by atoms with van der Waals surface area (Å²) in [6.07, 6.45) is 0. The topological polar surface area (TPSA) is 63.3 Å². The summed E-state index contributed by atoms with van der Waals surface area (Å²) in [4.78, 5) is 12.8. The van der Waals surface area contributed by atoms with Crippen LogP contribution in [-0.2, 0) is 0 Å². The predicted octanol–water partition coefficient (Wildman–Crippen LogP) is 4.08. The first-order chi connectivity index (χ1) is 8.99. The van der Waals surface area contributed by atoms with Crippen molar-refractivity contribution in [3.05, 3.63) is 52.5 Å². The van der Waals surface area contributed by atoms with Gasteiger partial charge in [0.05, 0.1) is 10.6 Å². The van der Waals surface area contributed by atoms with E-state index in [0.29, 0.717) is 15.6 Å². The lowest BCUT2D eigenvalue weighted by Gasteiger charge is -2.11. The Morgan fingerprint density at radius 2 is 2.00 bits per heavy atom. The van der Waals surface area contributed by atoms with E-state index in [0.717, 1.165) is 10.5 Å². The smallest absolute Gasteiger partial charge is 0.336 e. The number of anilines is 1. The molecule has 0 bridgehead atoms. The van der Waals surface area contributed by atoms with Crippen molar-refractivity contribution in [1.29, 1.82) is 0 Å². The van der Waals surface area contributed by atoms with Crippen molar-refractivity contribution in [3.63, 3.8) is 0 Å². The van der Waals surface area contributed by atoms with E-state index in [1.807, 2.05) is 31.2 Å². The Labute approximate surface area is 120 Å². The molecular weight excluding hydrogens is 282 g/mol. The van der Waals surface area contributed by atoms with Gasteiger partial charge >= 0.3 is 5.97 Å². The van der Waals surface area contributed by atoms with Crippen LogP contribution in [0, 0.1) is 6.92 Å². The molecule has 0 saturated carbocycles. The third-order valence-electron chi connectivity index (χ3n) is 2.60. The number of halogens is 1. The molecule has 0 radical (unpaired) electrons. The van der Waals surface area contributed by atoms with E-state index in [1.54, 1.807) is 6.07 Å². The Balaban J connectivity index is 2.51. The summed E-state index contributed by atoms with van der Waals surface area (Å²) in [5.41, 5.74) is 7.17. The van der Waals surface area contributed by atoms with Crippen LogP contribution in [0.2, 0.25) is 5.02 Å². The highest BCUT2D eigenvalue weighted by atomic mass is 35.5. The first-order valence-corrected chi connectivity index (χ1v) is 6.74. The van der Waals surface area contributed by atoms with Crippen molar-refractivity contribution in [2.75, 3.05) is 5.73 Å². The summed E-state index contributed by atoms with van der Waals surface area (Å²) in [6, 6.07) is 10.7. The van der Waals surface area contributed by atoms with Gasteiger partial charge in [0.25, 0.3) is 0 Å². The van der Waals surface area contributed by atoms with Crippen LogP contribution in [0.5, 0.6) is 0 Å². The fourth-order valence-electron chi connectivity index (χ4n) is 1.66. The molecule has 0 saturated heterocycles. The Kier molecular flexibility index (Phi) is 4.02. The van der Waals surface area contributed by atoms with E-state index in [9.17, 15) is 9.90 Å². The number of carbonyl (C=O) groups is 1. The molecule has 0 spiro atoms. The standard InChI is InChI=1S/C14H12ClNO2S/c1-8-4-2-3-5-12(8)19-13-10(14(17)18)6-9(16)7-11(13)15/h2-7H,16H2,1H3,(H,17,18). The zero-order valence-electron chi connectivity index (χ0n) is 10.2. The van der Waals surface area contributed by atoms with Crippen molar-refractivity contribution in [3.8, 4) is 0 Å². The minimum atomic E-state index is -1.04. The minimum absolute atomic E-state index is 0.123. The van der Waals surface area contributed by atoms with Gasteiger partial charge in [-0.05, 0) is 30.7 Å². The van der Waals surface area contributed by atoms with E-state index < -0.39 is 5.97 Å². The van der Waals surface area contributed by atoms with Gasteiger partial charge in [-0.2, -0.15) is 0 Å².